The van der Waals surface area contributed by atoms with Gasteiger partial charge >= 0.3 is 23.9 Å². The van der Waals surface area contributed by atoms with Gasteiger partial charge in [-0.1, -0.05) is 38.2 Å². The van der Waals surface area contributed by atoms with Crippen LogP contribution < -0.4 is 0 Å². The normalized spacial score (nSPS) is 38.8. The highest BCUT2D eigenvalue weighted by atomic mass is 16.7. The van der Waals surface area contributed by atoms with Gasteiger partial charge in [-0.15, -0.1) is 0 Å². The predicted octanol–water partition coefficient (Wildman–Crippen LogP) is 4.00. The number of nitrogens with zero attached hydrogens (tertiary/aromatic N) is 2. The van der Waals surface area contributed by atoms with Crippen molar-refractivity contribution in [2.75, 3.05) is 35.3 Å². The first-order valence-electron chi connectivity index (χ1n) is 25.8. The first-order chi connectivity index (χ1) is 34.3. The van der Waals surface area contributed by atoms with E-state index < -0.39 is 121 Å². The SMILES string of the molecule is CCC(=O)O[C@@H]1CC(=O)O[C@H](C)C/C=C/C=C/[C@H](O[C@H]2CC[C@H](N(C)C)[C@H](C)O2)[C@H](C)C[C@H](CC=O)[C@H](O[C@@H]2O[C@H](C)[C@@H](O[C@H]3C[C@@](C)(O)[C@@H](O)[C@H](C)O3)[C@H](N(C)C)[C@H]2O)[C@H]1OC.O=C(O)CCCCC(=O)O. The third kappa shape index (κ3) is 20.2. The molecule has 0 aliphatic carbocycles. The average molecular weight is 1050 g/mol. The second-order valence-electron chi connectivity index (χ2n) is 20.6. The predicted molar refractivity (Wildman–Crippen MR) is 265 cm³/mol. The fourth-order valence-corrected chi connectivity index (χ4v) is 9.99. The molecule has 73 heavy (non-hydrogen) atoms. The molecule has 0 amide bonds. The lowest BCUT2D eigenvalue weighted by Crippen LogP contribution is -2.65. The number of allylic oxidation sites excluding steroid dienone is 2. The third-order valence-electron chi connectivity index (χ3n) is 14.0. The van der Waals surface area contributed by atoms with E-state index in [1.54, 1.807) is 46.7 Å². The molecule has 0 spiro atoms. The van der Waals surface area contributed by atoms with E-state index in [1.165, 1.54) is 14.0 Å². The summed E-state index contributed by atoms with van der Waals surface area (Å²) in [5.41, 5.74) is -1.49. The number of aliphatic carboxylic acids is 2. The van der Waals surface area contributed by atoms with E-state index in [1.807, 2.05) is 52.2 Å². The van der Waals surface area contributed by atoms with Crippen molar-refractivity contribution in [3.05, 3.63) is 24.3 Å². The average Bonchev–Trinajstić information content (AvgIpc) is 3.29. The van der Waals surface area contributed by atoms with Crippen molar-refractivity contribution in [3.8, 4) is 0 Å². The Bertz CT molecular complexity index is 1750. The number of unbranched alkanes of at least 4 members (excludes halogenated alkanes) is 1. The van der Waals surface area contributed by atoms with E-state index in [4.69, 9.17) is 52.8 Å². The van der Waals surface area contributed by atoms with Gasteiger partial charge < -0.3 is 82.8 Å². The molecule has 0 saturated carbocycles. The quantitative estimate of drug-likeness (QED) is 0.0737. The van der Waals surface area contributed by atoms with Crippen LogP contribution in [-0.2, 0) is 66.6 Å². The number of carboxylic acid groups (broad SMARTS) is 2. The Labute approximate surface area is 431 Å². The summed E-state index contributed by atoms with van der Waals surface area (Å²) in [6.45, 7) is 12.4. The van der Waals surface area contributed by atoms with Gasteiger partial charge in [0.25, 0.3) is 0 Å². The summed E-state index contributed by atoms with van der Waals surface area (Å²) in [5, 5.41) is 49.9. The Morgan fingerprint density at radius 2 is 1.48 bits per heavy atom. The molecule has 21 heteroatoms. The summed E-state index contributed by atoms with van der Waals surface area (Å²) in [6.07, 6.45) is -0.740. The smallest absolute Gasteiger partial charge is 0.309 e. The molecule has 0 bridgehead atoms. The van der Waals surface area contributed by atoms with Crippen LogP contribution in [0.15, 0.2) is 24.3 Å². The number of hydrogen-bond donors (Lipinski definition) is 5. The van der Waals surface area contributed by atoms with Crippen LogP contribution in [0.5, 0.6) is 0 Å². The van der Waals surface area contributed by atoms with Gasteiger partial charge in [-0.25, -0.2) is 0 Å². The Balaban J connectivity index is 0.00000126. The Morgan fingerprint density at radius 1 is 0.836 bits per heavy atom. The maximum absolute atomic E-state index is 13.5. The largest absolute Gasteiger partial charge is 0.481 e. The van der Waals surface area contributed by atoms with Crippen molar-refractivity contribution in [1.82, 2.24) is 9.80 Å². The molecule has 0 aromatic rings. The first kappa shape index (κ1) is 63.8. The lowest BCUT2D eigenvalue weighted by Gasteiger charge is -2.50. The lowest BCUT2D eigenvalue weighted by molar-refractivity contribution is -0.344. The molecular weight excluding hydrogens is 957 g/mol. The van der Waals surface area contributed by atoms with Gasteiger partial charge in [-0.3, -0.25) is 19.2 Å². The number of likely N-dealkylation sites (N-methyl/N-ethyl adjacent to an activating group) is 2. The highest BCUT2D eigenvalue weighted by molar-refractivity contribution is 5.72. The van der Waals surface area contributed by atoms with E-state index in [2.05, 4.69) is 4.90 Å². The second-order valence-corrected chi connectivity index (χ2v) is 20.6. The highest BCUT2D eigenvalue weighted by Crippen LogP contribution is 2.38. The molecule has 4 aliphatic rings. The number of carbonyl (C=O) groups excluding carboxylic acids is 3. The molecule has 21 nitrogen and oxygen atoms in total. The molecule has 4 aliphatic heterocycles. The Kier molecular flexibility index (Phi) is 27.1. The third-order valence-corrected chi connectivity index (χ3v) is 14.0. The fraction of sp³-hybridized carbons (Fsp3) is 0.827. The standard InChI is InChI=1S/C46H78N2O15.C6H10O4/c1-13-35(50)60-34-24-36(51)56-27(3)17-15-14-16-18-33(61-37-20-19-32(47(8)9)28(4)57-37)26(2)23-31(21-22-49)42(43(34)55-12)63-45-40(52)39(48(10)11)41(29(5)59-45)62-38-25-46(7,54)44(53)30(6)58-38;7-5(8)3-1-2-4-6(9)10/h14-16,18,22,26-34,37-45,52-54H,13,17,19-21,23-25H2,1-12H3;1-4H2,(H,7,8)(H,9,10)/b15-14+,18-16+;/t26-,27-,28+,29-,30+,31+,32+,33+,34-,37+,38+,39-,40-,41-,42+,43+,44+,45+,46-;/m1./s1. The van der Waals surface area contributed by atoms with Crippen LogP contribution >= 0.6 is 0 Å². The first-order valence-corrected chi connectivity index (χ1v) is 25.8. The van der Waals surface area contributed by atoms with Gasteiger partial charge in [0, 0.05) is 51.7 Å². The van der Waals surface area contributed by atoms with Gasteiger partial charge in [0.1, 0.15) is 42.9 Å². The Morgan fingerprint density at radius 3 is 2.03 bits per heavy atom. The molecule has 3 saturated heterocycles. The molecule has 0 radical (unpaired) electrons. The monoisotopic (exact) mass is 1040 g/mol. The maximum Gasteiger partial charge on any atom is 0.309 e. The number of aliphatic hydroxyl groups is 3. The summed E-state index contributed by atoms with van der Waals surface area (Å²) in [6, 6.07) is -0.510. The number of carbonyl (C=O) groups is 5. The van der Waals surface area contributed by atoms with Crippen LogP contribution in [0.4, 0.5) is 0 Å². The molecule has 0 aromatic carbocycles. The zero-order valence-corrected chi connectivity index (χ0v) is 45.1. The number of carboxylic acids is 2. The minimum atomic E-state index is -1.49. The van der Waals surface area contributed by atoms with Gasteiger partial charge in [-0.2, -0.15) is 0 Å². The summed E-state index contributed by atoms with van der Waals surface area (Å²) < 4.78 is 56.7. The number of ether oxygens (including phenoxy) is 9. The molecule has 0 unspecified atom stereocenters. The van der Waals surface area contributed by atoms with E-state index in [0.29, 0.717) is 32.1 Å². The topological polar surface area (TPSA) is 276 Å². The van der Waals surface area contributed by atoms with Crippen molar-refractivity contribution >= 4 is 30.2 Å². The molecule has 4 rings (SSSR count). The Hall–Kier alpha value is -3.45. The molecule has 4 heterocycles. The number of hydrogen-bond acceptors (Lipinski definition) is 19. The van der Waals surface area contributed by atoms with Gasteiger partial charge in [-0.05, 0) is 107 Å². The zero-order chi connectivity index (χ0) is 54.7. The zero-order valence-electron chi connectivity index (χ0n) is 45.1. The summed E-state index contributed by atoms with van der Waals surface area (Å²) in [7, 11) is 9.04. The second kappa shape index (κ2) is 30.9. The van der Waals surface area contributed by atoms with Crippen molar-refractivity contribution in [3.63, 3.8) is 0 Å². The van der Waals surface area contributed by atoms with Gasteiger partial charge in [0.05, 0.1) is 48.6 Å². The van der Waals surface area contributed by atoms with Crippen LogP contribution in [0, 0.1) is 11.8 Å². The molecule has 420 valence electrons. The van der Waals surface area contributed by atoms with Gasteiger partial charge in [0.2, 0.25) is 0 Å². The molecule has 0 aromatic heterocycles. The van der Waals surface area contributed by atoms with E-state index in [-0.39, 0.29) is 56.6 Å². The van der Waals surface area contributed by atoms with Crippen LogP contribution in [-0.4, -0.2) is 204 Å². The number of aldehydes is 1. The lowest BCUT2D eigenvalue weighted by atomic mass is 9.82. The summed E-state index contributed by atoms with van der Waals surface area (Å²) in [5.74, 6) is -3.86. The van der Waals surface area contributed by atoms with Gasteiger partial charge in [0.15, 0.2) is 18.9 Å². The van der Waals surface area contributed by atoms with Crippen LogP contribution in [0.1, 0.15) is 126 Å². The molecule has 5 N–H and O–H groups in total. The van der Waals surface area contributed by atoms with Crippen molar-refractivity contribution in [2.45, 2.75) is 229 Å². The minimum absolute atomic E-state index is 0.0117. The number of cyclic esters (lactones) is 1. The summed E-state index contributed by atoms with van der Waals surface area (Å²) >= 11 is 0. The van der Waals surface area contributed by atoms with E-state index >= 15 is 0 Å². The number of rotatable bonds is 18. The highest BCUT2D eigenvalue weighted by Gasteiger charge is 2.52. The molecule has 3 fully saturated rings. The number of aliphatic hydroxyl groups excluding tert-OH is 2. The summed E-state index contributed by atoms with van der Waals surface area (Å²) in [4.78, 5) is 63.0. The van der Waals surface area contributed by atoms with Crippen LogP contribution in [0.25, 0.3) is 0 Å². The minimum Gasteiger partial charge on any atom is -0.481 e. The van der Waals surface area contributed by atoms with Crippen molar-refractivity contribution < 1.29 is 92.1 Å². The van der Waals surface area contributed by atoms with E-state index in [9.17, 15) is 39.3 Å². The molecular formula is C52H88N2O19. The molecule has 19 atom stereocenters. The van der Waals surface area contributed by atoms with Crippen LogP contribution in [0.2, 0.25) is 0 Å². The van der Waals surface area contributed by atoms with Crippen molar-refractivity contribution in [1.29, 1.82) is 0 Å². The number of methoxy groups -OCH3 is 1. The number of esters is 2. The fourth-order valence-electron chi connectivity index (χ4n) is 9.99. The van der Waals surface area contributed by atoms with Crippen LogP contribution in [0.3, 0.4) is 0 Å². The van der Waals surface area contributed by atoms with E-state index in [0.717, 1.165) is 12.7 Å². The maximum atomic E-state index is 13.5. The van der Waals surface area contributed by atoms with Crippen molar-refractivity contribution in [2.24, 2.45) is 11.8 Å².